The molecule has 19 heavy (non-hydrogen) atoms. The van der Waals surface area contributed by atoms with E-state index in [4.69, 9.17) is 10.5 Å². The summed E-state index contributed by atoms with van der Waals surface area (Å²) in [5.74, 6) is -0.176. The summed E-state index contributed by atoms with van der Waals surface area (Å²) in [5, 5.41) is 2.71. The molecule has 3 N–H and O–H groups in total. The number of nitrogens with one attached hydrogen (secondary N) is 1. The highest BCUT2D eigenvalue weighted by atomic mass is 35.5. The minimum Gasteiger partial charge on any atom is -0.374 e. The van der Waals surface area contributed by atoms with Crippen molar-refractivity contribution in [3.63, 3.8) is 0 Å². The predicted octanol–water partition coefficient (Wildman–Crippen LogP) is 2.46. The van der Waals surface area contributed by atoms with Gasteiger partial charge in [0.05, 0.1) is 19.3 Å². The standard InChI is InChI=1S/C14H20N2O2.ClH/c15-9-14(17)16-12-7-5-11(6-8-12)10-18-13-3-1-2-4-13;/h5-8,13H,1-4,9-10,15H2,(H,16,17);1H. The van der Waals surface area contributed by atoms with Gasteiger partial charge in [0.2, 0.25) is 5.91 Å². The van der Waals surface area contributed by atoms with Gasteiger partial charge in [0, 0.05) is 5.69 Å². The van der Waals surface area contributed by atoms with Crippen LogP contribution in [0.5, 0.6) is 0 Å². The lowest BCUT2D eigenvalue weighted by Gasteiger charge is -2.11. The number of ether oxygens (including phenoxy) is 1. The van der Waals surface area contributed by atoms with Gasteiger partial charge >= 0.3 is 0 Å². The Morgan fingerprint density at radius 3 is 2.47 bits per heavy atom. The fourth-order valence-electron chi connectivity index (χ4n) is 2.17. The molecule has 0 atom stereocenters. The molecule has 1 amide bonds. The third-order valence-corrected chi connectivity index (χ3v) is 3.21. The van der Waals surface area contributed by atoms with Crippen molar-refractivity contribution >= 4 is 24.0 Å². The van der Waals surface area contributed by atoms with Gasteiger partial charge < -0.3 is 15.8 Å². The van der Waals surface area contributed by atoms with E-state index in [1.165, 1.54) is 25.7 Å². The first kappa shape index (κ1) is 16.0. The molecule has 0 bridgehead atoms. The van der Waals surface area contributed by atoms with E-state index >= 15 is 0 Å². The number of halogens is 1. The largest absolute Gasteiger partial charge is 0.374 e. The van der Waals surface area contributed by atoms with Crippen molar-refractivity contribution in [2.24, 2.45) is 5.73 Å². The van der Waals surface area contributed by atoms with Crippen molar-refractivity contribution in [1.82, 2.24) is 0 Å². The van der Waals surface area contributed by atoms with Crippen LogP contribution in [-0.2, 0) is 16.1 Å². The molecule has 2 rings (SSSR count). The Bertz CT molecular complexity index is 389. The summed E-state index contributed by atoms with van der Waals surface area (Å²) in [6.45, 7) is 0.655. The zero-order chi connectivity index (χ0) is 12.8. The summed E-state index contributed by atoms with van der Waals surface area (Å²) in [4.78, 5) is 11.1. The molecule has 1 aromatic carbocycles. The molecular formula is C14H21ClN2O2. The minimum atomic E-state index is -0.176. The van der Waals surface area contributed by atoms with Crippen LogP contribution < -0.4 is 11.1 Å². The van der Waals surface area contributed by atoms with E-state index in [0.29, 0.717) is 12.7 Å². The van der Waals surface area contributed by atoms with Gasteiger partial charge in [-0.1, -0.05) is 25.0 Å². The Kier molecular flexibility index (Phi) is 6.84. The maximum atomic E-state index is 11.1. The number of anilines is 1. The van der Waals surface area contributed by atoms with Crippen LogP contribution in [0.3, 0.4) is 0 Å². The Morgan fingerprint density at radius 1 is 1.26 bits per heavy atom. The zero-order valence-electron chi connectivity index (χ0n) is 10.9. The van der Waals surface area contributed by atoms with E-state index in [9.17, 15) is 4.79 Å². The first-order chi connectivity index (χ1) is 8.78. The van der Waals surface area contributed by atoms with Gasteiger partial charge in [-0.15, -0.1) is 12.4 Å². The summed E-state index contributed by atoms with van der Waals surface area (Å²) in [6.07, 6.45) is 5.38. The second-order valence-corrected chi connectivity index (χ2v) is 4.67. The fraction of sp³-hybridized carbons (Fsp3) is 0.500. The number of hydrogen-bond donors (Lipinski definition) is 2. The highest BCUT2D eigenvalue weighted by molar-refractivity contribution is 5.92. The Balaban J connectivity index is 0.00000180. The van der Waals surface area contributed by atoms with Crippen molar-refractivity contribution in [1.29, 1.82) is 0 Å². The first-order valence-corrected chi connectivity index (χ1v) is 6.48. The smallest absolute Gasteiger partial charge is 0.238 e. The summed E-state index contributed by atoms with van der Waals surface area (Å²) in [6, 6.07) is 7.70. The van der Waals surface area contributed by atoms with Gasteiger partial charge in [0.15, 0.2) is 0 Å². The lowest BCUT2D eigenvalue weighted by atomic mass is 10.2. The normalized spacial score (nSPS) is 15.0. The molecule has 1 aromatic rings. The van der Waals surface area contributed by atoms with Gasteiger partial charge in [0.1, 0.15) is 0 Å². The fourth-order valence-corrected chi connectivity index (χ4v) is 2.17. The highest BCUT2D eigenvalue weighted by Gasteiger charge is 2.14. The molecule has 4 nitrogen and oxygen atoms in total. The summed E-state index contributed by atoms with van der Waals surface area (Å²) >= 11 is 0. The number of carbonyl (C=O) groups excluding carboxylic acids is 1. The van der Waals surface area contributed by atoms with E-state index in [0.717, 1.165) is 11.3 Å². The van der Waals surface area contributed by atoms with Crippen molar-refractivity contribution in [3.05, 3.63) is 29.8 Å². The summed E-state index contributed by atoms with van der Waals surface area (Å²) in [7, 11) is 0. The third-order valence-electron chi connectivity index (χ3n) is 3.21. The molecule has 1 fully saturated rings. The molecule has 5 heteroatoms. The average molecular weight is 285 g/mol. The summed E-state index contributed by atoms with van der Waals surface area (Å²) in [5.41, 5.74) is 7.14. The lowest BCUT2D eigenvalue weighted by molar-refractivity contribution is -0.114. The quantitative estimate of drug-likeness (QED) is 0.873. The molecule has 1 aliphatic carbocycles. The molecule has 0 spiro atoms. The Morgan fingerprint density at radius 2 is 1.89 bits per heavy atom. The van der Waals surface area contributed by atoms with E-state index in [1.807, 2.05) is 24.3 Å². The number of rotatable bonds is 5. The van der Waals surface area contributed by atoms with Crippen LogP contribution in [0.25, 0.3) is 0 Å². The van der Waals surface area contributed by atoms with E-state index in [-0.39, 0.29) is 24.9 Å². The number of hydrogen-bond acceptors (Lipinski definition) is 3. The molecule has 0 saturated heterocycles. The van der Waals surface area contributed by atoms with E-state index in [1.54, 1.807) is 0 Å². The molecule has 1 saturated carbocycles. The van der Waals surface area contributed by atoms with Crippen LogP contribution in [0.15, 0.2) is 24.3 Å². The second-order valence-electron chi connectivity index (χ2n) is 4.67. The van der Waals surface area contributed by atoms with Crippen molar-refractivity contribution in [3.8, 4) is 0 Å². The van der Waals surface area contributed by atoms with Gasteiger partial charge in [0.25, 0.3) is 0 Å². The molecule has 1 aliphatic rings. The molecular weight excluding hydrogens is 264 g/mol. The molecule has 0 heterocycles. The average Bonchev–Trinajstić information content (AvgIpc) is 2.91. The number of benzene rings is 1. The van der Waals surface area contributed by atoms with E-state index < -0.39 is 0 Å². The topological polar surface area (TPSA) is 64.4 Å². The predicted molar refractivity (Wildman–Crippen MR) is 78.4 cm³/mol. The minimum absolute atomic E-state index is 0. The molecule has 0 unspecified atom stereocenters. The van der Waals surface area contributed by atoms with Crippen LogP contribution in [0, 0.1) is 0 Å². The Hall–Kier alpha value is -1.10. The van der Waals surface area contributed by atoms with Crippen LogP contribution in [0.1, 0.15) is 31.2 Å². The van der Waals surface area contributed by atoms with Gasteiger partial charge in [-0.2, -0.15) is 0 Å². The number of amides is 1. The SMILES string of the molecule is Cl.NCC(=O)Nc1ccc(COC2CCCC2)cc1. The van der Waals surface area contributed by atoms with Gasteiger partial charge in [-0.05, 0) is 30.5 Å². The highest BCUT2D eigenvalue weighted by Crippen LogP contribution is 2.22. The maximum absolute atomic E-state index is 11.1. The van der Waals surface area contributed by atoms with Gasteiger partial charge in [-0.25, -0.2) is 0 Å². The van der Waals surface area contributed by atoms with Crippen molar-refractivity contribution < 1.29 is 9.53 Å². The van der Waals surface area contributed by atoms with Crippen molar-refractivity contribution in [2.75, 3.05) is 11.9 Å². The molecule has 0 radical (unpaired) electrons. The van der Waals surface area contributed by atoms with Crippen LogP contribution >= 0.6 is 12.4 Å². The lowest BCUT2D eigenvalue weighted by Crippen LogP contribution is -2.21. The molecule has 106 valence electrons. The maximum Gasteiger partial charge on any atom is 0.238 e. The number of carbonyl (C=O) groups is 1. The monoisotopic (exact) mass is 284 g/mol. The van der Waals surface area contributed by atoms with Crippen LogP contribution in [0.2, 0.25) is 0 Å². The van der Waals surface area contributed by atoms with Crippen molar-refractivity contribution in [2.45, 2.75) is 38.4 Å². The molecule has 0 aliphatic heterocycles. The van der Waals surface area contributed by atoms with Crippen LogP contribution in [-0.4, -0.2) is 18.6 Å². The second kappa shape index (κ2) is 8.15. The first-order valence-electron chi connectivity index (χ1n) is 6.48. The molecule has 0 aromatic heterocycles. The van der Waals surface area contributed by atoms with Crippen LogP contribution in [0.4, 0.5) is 5.69 Å². The van der Waals surface area contributed by atoms with E-state index in [2.05, 4.69) is 5.32 Å². The third kappa shape index (κ3) is 5.19. The van der Waals surface area contributed by atoms with Gasteiger partial charge in [-0.3, -0.25) is 4.79 Å². The summed E-state index contributed by atoms with van der Waals surface area (Å²) < 4.78 is 5.82. The Labute approximate surface area is 120 Å². The zero-order valence-corrected chi connectivity index (χ0v) is 11.7. The number of nitrogens with two attached hydrogens (primary N) is 1.